The summed E-state index contributed by atoms with van der Waals surface area (Å²) in [4.78, 5) is 0. The van der Waals surface area contributed by atoms with Gasteiger partial charge in [0.1, 0.15) is 0 Å². The first-order valence-corrected chi connectivity index (χ1v) is 6.10. The molecule has 3 nitrogen and oxygen atoms in total. The van der Waals surface area contributed by atoms with Crippen LogP contribution in [0.2, 0.25) is 0 Å². The summed E-state index contributed by atoms with van der Waals surface area (Å²) in [6.45, 7) is 0. The van der Waals surface area contributed by atoms with Gasteiger partial charge in [-0.05, 0) is 0 Å². The second-order valence-electron chi connectivity index (χ2n) is 2.35. The van der Waals surface area contributed by atoms with E-state index < -0.39 is 46.6 Å². The molecule has 0 heterocycles. The van der Waals surface area contributed by atoms with Gasteiger partial charge in [-0.1, -0.05) is 0 Å². The minimum absolute atomic E-state index is 0. The molecule has 0 aromatic heterocycles. The van der Waals surface area contributed by atoms with Gasteiger partial charge in [-0.3, -0.25) is 0 Å². The van der Waals surface area contributed by atoms with Crippen LogP contribution in [0.1, 0.15) is 0 Å². The van der Waals surface area contributed by atoms with Crippen molar-refractivity contribution in [1.29, 1.82) is 0 Å². The molecule has 0 unspecified atom stereocenters. The predicted molar refractivity (Wildman–Crippen MR) is 33.0 cm³/mol. The summed E-state index contributed by atoms with van der Waals surface area (Å²) in [5, 5.41) is 0. The monoisotopic (exact) mass is 334 g/mol. The van der Waals surface area contributed by atoms with Crippen molar-refractivity contribution in [2.75, 3.05) is 0 Å². The van der Waals surface area contributed by atoms with Gasteiger partial charge in [0.15, 0.2) is 0 Å². The van der Waals surface area contributed by atoms with Gasteiger partial charge in [0.05, 0.1) is 0 Å². The third kappa shape index (κ3) is 2.88. The van der Waals surface area contributed by atoms with E-state index in [0.29, 0.717) is 0 Å². The Labute approximate surface area is 130 Å². The first kappa shape index (κ1) is 16.6. The van der Waals surface area contributed by atoms with E-state index in [4.69, 9.17) is 0 Å². The van der Waals surface area contributed by atoms with E-state index in [2.05, 4.69) is 0 Å². The molecule has 0 spiro atoms. The van der Waals surface area contributed by atoms with Crippen molar-refractivity contribution >= 4 is 17.5 Å². The molecule has 0 amide bonds. The Kier molecular flexibility index (Phi) is 5.69. The third-order valence-electron chi connectivity index (χ3n) is 1.42. The van der Waals surface area contributed by atoms with Gasteiger partial charge in [0, 0.05) is 0 Å². The maximum Gasteiger partial charge on any atom is 1.00 e. The Balaban J connectivity index is 0.00000225. The van der Waals surface area contributed by atoms with E-state index in [1.807, 2.05) is 0 Å². The summed E-state index contributed by atoms with van der Waals surface area (Å²) in [5.74, 6) is -12.7. The van der Waals surface area contributed by atoms with Crippen molar-refractivity contribution in [1.82, 2.24) is 0 Å². The second kappa shape index (κ2) is 5.49. The minimum Gasteiger partial charge on any atom is 1.00 e. The van der Waals surface area contributed by atoms with Crippen LogP contribution in [0.15, 0.2) is 0 Å². The van der Waals surface area contributed by atoms with Crippen molar-refractivity contribution in [3.8, 4) is 0 Å². The van der Waals surface area contributed by atoms with Gasteiger partial charge in [-0.2, -0.15) is 0 Å². The molecule has 0 saturated heterocycles. The number of rotatable bonds is 1. The van der Waals surface area contributed by atoms with E-state index in [9.17, 15) is 33.8 Å². The van der Waals surface area contributed by atoms with Gasteiger partial charge in [-0.25, -0.2) is 0 Å². The number of halogens is 5. The van der Waals surface area contributed by atoms with Crippen molar-refractivity contribution in [2.24, 2.45) is 0 Å². The van der Waals surface area contributed by atoms with E-state index in [-0.39, 0.29) is 51.4 Å². The molecule has 84 valence electrons. The molecule has 10 heteroatoms. The molecule has 0 bridgehead atoms. The fourth-order valence-electron chi connectivity index (χ4n) is 0.804. The first-order valence-electron chi connectivity index (χ1n) is 3.15. The number of hydrogen-bond acceptors (Lipinski definition) is 3. The molecule has 0 fully saturated rings. The van der Waals surface area contributed by atoms with E-state index >= 15 is 0 Å². The Bertz CT molecular complexity index is 500. The van der Waals surface area contributed by atoms with Crippen molar-refractivity contribution in [3.05, 3.63) is 29.1 Å². The van der Waals surface area contributed by atoms with Crippen molar-refractivity contribution in [2.45, 2.75) is 0 Å². The van der Waals surface area contributed by atoms with Crippen LogP contribution in [0.4, 0.5) is 22.0 Å². The summed E-state index contributed by atoms with van der Waals surface area (Å²) >= 11 is -6.54. The summed E-state index contributed by atoms with van der Waals surface area (Å²) < 4.78 is 90.9. The van der Waals surface area contributed by atoms with Crippen LogP contribution in [-0.2, 0) is 7.67 Å². The zero-order valence-electron chi connectivity index (χ0n) is 7.52. The minimum atomic E-state index is -6.54. The Hall–Kier alpha value is 0.586. The van der Waals surface area contributed by atoms with Crippen LogP contribution in [0.25, 0.3) is 0 Å². The van der Waals surface area contributed by atoms with Gasteiger partial charge < -0.3 is 0 Å². The van der Waals surface area contributed by atoms with Crippen LogP contribution < -0.4 is 60.0 Å². The zero-order chi connectivity index (χ0) is 12.0. The van der Waals surface area contributed by atoms with Crippen LogP contribution in [0.3, 0.4) is 0 Å². The average molecular weight is 333 g/mol. The molecule has 0 saturated carbocycles. The fourth-order valence-corrected chi connectivity index (χ4v) is 2.10. The number of hydrogen-bond donors (Lipinski definition) is 0. The predicted octanol–water partition coefficient (Wildman–Crippen LogP) is -3.25. The summed E-state index contributed by atoms with van der Waals surface area (Å²) in [5.41, 5.74) is 0. The van der Waals surface area contributed by atoms with Crippen LogP contribution in [0, 0.1) is 29.1 Å². The van der Waals surface area contributed by atoms with E-state index in [1.165, 1.54) is 0 Å². The Morgan fingerprint density at radius 3 is 1.25 bits per heavy atom. The zero-order valence-corrected chi connectivity index (χ0v) is 12.4. The van der Waals surface area contributed by atoms with E-state index in [1.54, 1.807) is 0 Å². The van der Waals surface area contributed by atoms with Crippen LogP contribution >= 0.6 is 0 Å². The first-order chi connectivity index (χ1) is 6.68. The maximum atomic E-state index is 12.6. The number of benzene rings is 1. The molecule has 1 rings (SSSR count). The maximum absolute atomic E-state index is 12.6. The third-order valence-corrected chi connectivity index (χ3v) is 3.22. The molecule has 1 aromatic carbocycles. The van der Waals surface area contributed by atoms with Gasteiger partial charge in [-0.15, -0.1) is 0 Å². The topological polar surface area (TPSA) is 57.2 Å². The van der Waals surface area contributed by atoms with Crippen molar-refractivity contribution < 1.29 is 85.2 Å². The molecule has 0 N–H and O–H groups in total. The summed E-state index contributed by atoms with van der Waals surface area (Å²) in [6, 6.07) is 0. The Morgan fingerprint density at radius 2 is 1.00 bits per heavy atom. The van der Waals surface area contributed by atoms with Crippen LogP contribution in [-0.4, -0.2) is 13.0 Å². The fraction of sp³-hybridized carbons (Fsp3) is 0. The summed E-state index contributed by atoms with van der Waals surface area (Å²) in [6.07, 6.45) is 0. The standard InChI is InChI=1S/C6HF5O3Se.K/c7-1-2(8)4(10)6(15(12,13)14)5(11)3(1)9;/h(H,12,13,14);/q;+1/p-1. The normalized spacial score (nSPS) is 11.1. The molecule has 0 aliphatic carbocycles. The molecular formula is C6F5KO3Se. The quantitative estimate of drug-likeness (QED) is 0.235. The van der Waals surface area contributed by atoms with Gasteiger partial charge in [0.25, 0.3) is 0 Å². The molecule has 0 atom stereocenters. The SMILES string of the molecule is O=[Se](=O)([O-])c1c(F)c(F)c(F)c(F)c1F.[K+]. The molecule has 0 aliphatic rings. The van der Waals surface area contributed by atoms with Crippen LogP contribution in [0.5, 0.6) is 0 Å². The average Bonchev–Trinajstić information content (AvgIpc) is 2.09. The molecule has 1 aromatic rings. The molecule has 0 radical (unpaired) electrons. The van der Waals surface area contributed by atoms with Gasteiger partial charge in [0.2, 0.25) is 0 Å². The molecule has 0 aliphatic heterocycles. The smallest absolute Gasteiger partial charge is 1.00 e. The Morgan fingerprint density at radius 1 is 0.750 bits per heavy atom. The second-order valence-corrected chi connectivity index (χ2v) is 5.12. The molecule has 16 heavy (non-hydrogen) atoms. The molecular weight excluding hydrogens is 333 g/mol. The summed E-state index contributed by atoms with van der Waals surface area (Å²) in [7, 11) is 0. The van der Waals surface area contributed by atoms with Crippen molar-refractivity contribution in [3.63, 3.8) is 0 Å². The van der Waals surface area contributed by atoms with E-state index in [0.717, 1.165) is 0 Å². The largest absolute Gasteiger partial charge is 1.00 e. The van der Waals surface area contributed by atoms with Gasteiger partial charge >= 0.3 is 132 Å².